The molecule has 1 heterocycles. The number of amides is 1. The van der Waals surface area contributed by atoms with E-state index in [0.29, 0.717) is 30.0 Å². The van der Waals surface area contributed by atoms with E-state index in [2.05, 4.69) is 22.4 Å². The highest BCUT2D eigenvalue weighted by molar-refractivity contribution is 5.97. The van der Waals surface area contributed by atoms with Gasteiger partial charge in [0.25, 0.3) is 5.91 Å². The maximum absolute atomic E-state index is 12.8. The van der Waals surface area contributed by atoms with Crippen molar-refractivity contribution in [2.75, 3.05) is 13.7 Å². The van der Waals surface area contributed by atoms with E-state index in [-0.39, 0.29) is 11.6 Å². The first-order valence-corrected chi connectivity index (χ1v) is 10.7. The minimum absolute atomic E-state index is 0.287. The molecule has 0 aliphatic carbocycles. The van der Waals surface area contributed by atoms with E-state index in [0.717, 1.165) is 17.4 Å². The Morgan fingerprint density at radius 1 is 0.879 bits per heavy atom. The van der Waals surface area contributed by atoms with Crippen molar-refractivity contribution >= 4 is 22.8 Å². The van der Waals surface area contributed by atoms with Crippen molar-refractivity contribution in [3.63, 3.8) is 0 Å². The third-order valence-corrected chi connectivity index (χ3v) is 5.23. The number of methoxy groups -OCH3 is 1. The summed E-state index contributed by atoms with van der Waals surface area (Å²) in [5.74, 6) is -0.0689. The van der Waals surface area contributed by atoms with Crippen LogP contribution >= 0.6 is 0 Å². The topological polar surface area (TPSA) is 77.5 Å². The van der Waals surface area contributed by atoms with Crippen LogP contribution in [0.3, 0.4) is 0 Å². The van der Waals surface area contributed by atoms with Gasteiger partial charge in [0, 0.05) is 24.4 Å². The molecule has 1 amide bonds. The van der Waals surface area contributed by atoms with Gasteiger partial charge in [-0.2, -0.15) is 0 Å². The van der Waals surface area contributed by atoms with Gasteiger partial charge >= 0.3 is 5.97 Å². The first-order valence-electron chi connectivity index (χ1n) is 10.7. The van der Waals surface area contributed by atoms with Crippen molar-refractivity contribution < 1.29 is 19.1 Å². The molecule has 0 bridgehead atoms. The fraction of sp³-hybridized carbons (Fsp3) is 0.148. The van der Waals surface area contributed by atoms with E-state index in [1.54, 1.807) is 30.3 Å². The van der Waals surface area contributed by atoms with Crippen LogP contribution in [0.1, 0.15) is 32.0 Å². The van der Waals surface area contributed by atoms with Gasteiger partial charge in [-0.25, -0.2) is 9.78 Å². The number of nitrogens with zero attached hydrogens (tertiary/aromatic N) is 1. The summed E-state index contributed by atoms with van der Waals surface area (Å²) >= 11 is 0. The second-order valence-electron chi connectivity index (χ2n) is 7.48. The molecular weight excluding hydrogens is 416 g/mol. The van der Waals surface area contributed by atoms with Crippen molar-refractivity contribution in [2.24, 2.45) is 0 Å². The molecule has 0 aliphatic heterocycles. The normalized spacial score (nSPS) is 10.6. The van der Waals surface area contributed by atoms with E-state index in [4.69, 9.17) is 9.47 Å². The standard InChI is InChI=1S/C27H24N2O4/c1-32-27(31)21-13-11-20(12-14-21)18-28-26(30)24-17-25(22-9-5-6-10-23(22)29-24)33-16-15-19-7-3-2-4-8-19/h2-14,17H,15-16,18H2,1H3,(H,28,30). The molecule has 0 fully saturated rings. The number of fused-ring (bicyclic) bond motifs is 1. The summed E-state index contributed by atoms with van der Waals surface area (Å²) in [5.41, 5.74) is 3.49. The van der Waals surface area contributed by atoms with Gasteiger partial charge in [0.05, 0.1) is 24.8 Å². The highest BCUT2D eigenvalue weighted by Gasteiger charge is 2.13. The lowest BCUT2D eigenvalue weighted by Gasteiger charge is -2.12. The molecule has 0 radical (unpaired) electrons. The van der Waals surface area contributed by atoms with Crippen molar-refractivity contribution in [3.8, 4) is 5.75 Å². The van der Waals surface area contributed by atoms with Gasteiger partial charge in [-0.3, -0.25) is 4.79 Å². The molecule has 33 heavy (non-hydrogen) atoms. The summed E-state index contributed by atoms with van der Waals surface area (Å²) in [6.07, 6.45) is 0.764. The first kappa shape index (κ1) is 22.0. The molecule has 4 rings (SSSR count). The number of carbonyl (C=O) groups excluding carboxylic acids is 2. The summed E-state index contributed by atoms with van der Waals surface area (Å²) in [6, 6.07) is 26.3. The number of nitrogens with one attached hydrogen (secondary N) is 1. The third kappa shape index (κ3) is 5.54. The minimum atomic E-state index is -0.397. The summed E-state index contributed by atoms with van der Waals surface area (Å²) in [5, 5.41) is 3.74. The zero-order chi connectivity index (χ0) is 23.0. The van der Waals surface area contributed by atoms with Gasteiger partial charge in [0.15, 0.2) is 0 Å². The Morgan fingerprint density at radius 2 is 1.61 bits per heavy atom. The van der Waals surface area contributed by atoms with Crippen molar-refractivity contribution in [3.05, 3.63) is 107 Å². The number of hydrogen-bond donors (Lipinski definition) is 1. The molecule has 0 saturated carbocycles. The Morgan fingerprint density at radius 3 is 2.36 bits per heavy atom. The molecule has 0 unspecified atom stereocenters. The lowest BCUT2D eigenvalue weighted by molar-refractivity contribution is 0.0600. The van der Waals surface area contributed by atoms with Crippen LogP contribution in [0.5, 0.6) is 5.75 Å². The van der Waals surface area contributed by atoms with Gasteiger partial charge in [0.1, 0.15) is 11.4 Å². The van der Waals surface area contributed by atoms with Crippen LogP contribution in [0.15, 0.2) is 84.9 Å². The number of pyridine rings is 1. The Labute approximate surface area is 192 Å². The summed E-state index contributed by atoms with van der Waals surface area (Å²) in [7, 11) is 1.34. The fourth-order valence-corrected chi connectivity index (χ4v) is 3.45. The van der Waals surface area contributed by atoms with Gasteiger partial charge in [-0.05, 0) is 35.4 Å². The smallest absolute Gasteiger partial charge is 0.337 e. The largest absolute Gasteiger partial charge is 0.492 e. The number of aromatic nitrogens is 1. The van der Waals surface area contributed by atoms with Crippen LogP contribution in [0.4, 0.5) is 0 Å². The van der Waals surface area contributed by atoms with Crippen LogP contribution in [-0.4, -0.2) is 30.6 Å². The monoisotopic (exact) mass is 440 g/mol. The number of para-hydroxylation sites is 1. The number of carbonyl (C=O) groups is 2. The van der Waals surface area contributed by atoms with Crippen LogP contribution in [-0.2, 0) is 17.7 Å². The number of benzene rings is 3. The summed E-state index contributed by atoms with van der Waals surface area (Å²) in [6.45, 7) is 0.796. The minimum Gasteiger partial charge on any atom is -0.492 e. The number of hydrogen-bond acceptors (Lipinski definition) is 5. The van der Waals surface area contributed by atoms with Crippen molar-refractivity contribution in [1.29, 1.82) is 0 Å². The van der Waals surface area contributed by atoms with E-state index < -0.39 is 5.97 Å². The predicted octanol–water partition coefficient (Wildman–Crippen LogP) is 4.57. The molecular formula is C27H24N2O4. The van der Waals surface area contributed by atoms with Crippen LogP contribution in [0.25, 0.3) is 10.9 Å². The van der Waals surface area contributed by atoms with Gasteiger partial charge in [-0.1, -0.05) is 54.6 Å². The Kier molecular flexibility index (Phi) is 6.95. The van der Waals surface area contributed by atoms with Crippen LogP contribution < -0.4 is 10.1 Å². The molecule has 1 N–H and O–H groups in total. The molecule has 6 heteroatoms. The maximum atomic E-state index is 12.8. The highest BCUT2D eigenvalue weighted by Crippen LogP contribution is 2.25. The zero-order valence-corrected chi connectivity index (χ0v) is 18.3. The van der Waals surface area contributed by atoms with Crippen LogP contribution in [0, 0.1) is 0 Å². The molecule has 0 spiro atoms. The van der Waals surface area contributed by atoms with E-state index in [9.17, 15) is 9.59 Å². The lowest BCUT2D eigenvalue weighted by Crippen LogP contribution is -2.24. The quantitative estimate of drug-likeness (QED) is 0.406. The van der Waals surface area contributed by atoms with Gasteiger partial charge < -0.3 is 14.8 Å². The van der Waals surface area contributed by atoms with Crippen molar-refractivity contribution in [2.45, 2.75) is 13.0 Å². The molecule has 0 saturated heterocycles. The SMILES string of the molecule is COC(=O)c1ccc(CNC(=O)c2cc(OCCc3ccccc3)c3ccccc3n2)cc1. The second kappa shape index (κ2) is 10.4. The van der Waals surface area contributed by atoms with Gasteiger partial charge in [0.2, 0.25) is 0 Å². The van der Waals surface area contributed by atoms with Gasteiger partial charge in [-0.15, -0.1) is 0 Å². The second-order valence-corrected chi connectivity index (χ2v) is 7.48. The number of esters is 1. The Bertz CT molecular complexity index is 1250. The number of rotatable bonds is 8. The number of ether oxygens (including phenoxy) is 2. The maximum Gasteiger partial charge on any atom is 0.337 e. The lowest BCUT2D eigenvalue weighted by atomic mass is 10.1. The van der Waals surface area contributed by atoms with E-state index in [1.807, 2.05) is 42.5 Å². The predicted molar refractivity (Wildman–Crippen MR) is 126 cm³/mol. The highest BCUT2D eigenvalue weighted by atomic mass is 16.5. The molecule has 0 atom stereocenters. The van der Waals surface area contributed by atoms with Crippen LogP contribution in [0.2, 0.25) is 0 Å². The summed E-state index contributed by atoms with van der Waals surface area (Å²) in [4.78, 5) is 28.9. The Balaban J connectivity index is 1.46. The third-order valence-electron chi connectivity index (χ3n) is 5.23. The Hall–Kier alpha value is -4.19. The molecule has 6 nitrogen and oxygen atoms in total. The average molecular weight is 440 g/mol. The zero-order valence-electron chi connectivity index (χ0n) is 18.3. The summed E-state index contributed by atoms with van der Waals surface area (Å²) < 4.78 is 10.8. The van der Waals surface area contributed by atoms with E-state index >= 15 is 0 Å². The molecule has 3 aromatic carbocycles. The van der Waals surface area contributed by atoms with Crippen molar-refractivity contribution in [1.82, 2.24) is 10.3 Å². The average Bonchev–Trinajstić information content (AvgIpc) is 2.87. The molecule has 1 aromatic heterocycles. The van der Waals surface area contributed by atoms with E-state index in [1.165, 1.54) is 12.7 Å². The first-order chi connectivity index (χ1) is 16.1. The fourth-order valence-electron chi connectivity index (χ4n) is 3.45. The molecule has 0 aliphatic rings. The molecule has 166 valence electrons. The molecule has 4 aromatic rings.